The fraction of sp³-hybridized carbons (Fsp3) is 0.938. The highest BCUT2D eigenvalue weighted by atomic mass is 17.4. The van der Waals surface area contributed by atoms with E-state index in [9.17, 15) is 9.90 Å². The molecule has 1 heterocycles. The number of carbonyl (C=O) groups is 1. The van der Waals surface area contributed by atoms with Gasteiger partial charge in [-0.2, -0.15) is 9.78 Å². The Hall–Kier alpha value is -0.650. The van der Waals surface area contributed by atoms with Gasteiger partial charge >= 0.3 is 5.97 Å². The van der Waals surface area contributed by atoms with E-state index in [-0.39, 0.29) is 11.9 Å². The van der Waals surface area contributed by atoms with Crippen LogP contribution in [0.5, 0.6) is 0 Å². The summed E-state index contributed by atoms with van der Waals surface area (Å²) < 4.78 is 5.61. The first-order valence-corrected chi connectivity index (χ1v) is 7.95. The van der Waals surface area contributed by atoms with Crippen molar-refractivity contribution in [3.8, 4) is 0 Å². The highest BCUT2D eigenvalue weighted by Gasteiger charge is 2.44. The maximum absolute atomic E-state index is 12.4. The van der Waals surface area contributed by atoms with Gasteiger partial charge < -0.3 is 9.84 Å². The molecule has 5 nitrogen and oxygen atoms in total. The number of aliphatic hydroxyl groups is 1. The number of carbonyl (C=O) groups excluding carboxylic acids is 1. The van der Waals surface area contributed by atoms with Crippen LogP contribution in [0.3, 0.4) is 0 Å². The third kappa shape index (κ3) is 7.25. The Bertz CT molecular complexity index is 334. The monoisotopic (exact) mass is 302 g/mol. The zero-order chi connectivity index (χ0) is 16.1. The van der Waals surface area contributed by atoms with Crippen LogP contribution >= 0.6 is 0 Å². The summed E-state index contributed by atoms with van der Waals surface area (Å²) in [5.74, 6) is -0.832. The third-order valence-electron chi connectivity index (χ3n) is 3.72. The minimum Gasteiger partial charge on any atom is -0.459 e. The van der Waals surface area contributed by atoms with E-state index in [1.165, 1.54) is 0 Å². The number of ether oxygens (including phenoxy) is 1. The van der Waals surface area contributed by atoms with Crippen molar-refractivity contribution in [1.29, 1.82) is 0 Å². The van der Waals surface area contributed by atoms with Crippen LogP contribution in [0.4, 0.5) is 0 Å². The number of hydrogen-bond donors (Lipinski definition) is 1. The van der Waals surface area contributed by atoms with Crippen LogP contribution in [-0.2, 0) is 19.3 Å². The number of rotatable bonds is 10. The van der Waals surface area contributed by atoms with E-state index < -0.39 is 17.5 Å². The molecule has 0 spiro atoms. The second-order valence-electron chi connectivity index (χ2n) is 6.91. The first kappa shape index (κ1) is 18.4. The summed E-state index contributed by atoms with van der Waals surface area (Å²) in [5.41, 5.74) is -0.647. The van der Waals surface area contributed by atoms with Crippen molar-refractivity contribution in [2.75, 3.05) is 0 Å². The lowest BCUT2D eigenvalue weighted by molar-refractivity contribution is -0.164. The van der Waals surface area contributed by atoms with E-state index in [4.69, 9.17) is 14.5 Å². The van der Waals surface area contributed by atoms with Gasteiger partial charge in [0.25, 0.3) is 0 Å². The fourth-order valence-electron chi connectivity index (χ4n) is 2.53. The van der Waals surface area contributed by atoms with E-state index in [0.29, 0.717) is 19.3 Å². The molecule has 2 unspecified atom stereocenters. The average molecular weight is 302 g/mol. The standard InChI is InChI=1S/C16H30O5/c1-6-7-8-13(9-10-16(5)20-21-16)14(18)19-15(3,4)11-12(2)17/h12-13,17H,6-11H2,1-5H3. The molecule has 1 fully saturated rings. The lowest BCUT2D eigenvalue weighted by Gasteiger charge is -2.29. The van der Waals surface area contributed by atoms with Crippen molar-refractivity contribution >= 4 is 5.97 Å². The molecule has 2 atom stereocenters. The fourth-order valence-corrected chi connectivity index (χ4v) is 2.53. The predicted octanol–water partition coefficient (Wildman–Crippen LogP) is 3.34. The minimum absolute atomic E-state index is 0.136. The van der Waals surface area contributed by atoms with E-state index in [0.717, 1.165) is 19.3 Å². The van der Waals surface area contributed by atoms with Gasteiger partial charge in [-0.05, 0) is 40.5 Å². The summed E-state index contributed by atoms with van der Waals surface area (Å²) in [6.07, 6.45) is 4.18. The molecule has 21 heavy (non-hydrogen) atoms. The van der Waals surface area contributed by atoms with Crippen molar-refractivity contribution in [2.24, 2.45) is 5.92 Å². The molecule has 0 radical (unpaired) electrons. The molecular formula is C16H30O5. The Kier molecular flexibility index (Phi) is 6.63. The van der Waals surface area contributed by atoms with Gasteiger partial charge in [0.1, 0.15) is 5.60 Å². The second-order valence-corrected chi connectivity index (χ2v) is 6.91. The smallest absolute Gasteiger partial charge is 0.309 e. The molecule has 0 aromatic rings. The lowest BCUT2D eigenvalue weighted by Crippen LogP contribution is -2.34. The number of aliphatic hydroxyl groups excluding tert-OH is 1. The molecule has 0 aromatic carbocycles. The Morgan fingerprint density at radius 2 is 1.95 bits per heavy atom. The molecule has 1 rings (SSSR count). The van der Waals surface area contributed by atoms with E-state index in [2.05, 4.69) is 6.92 Å². The molecule has 0 amide bonds. The summed E-state index contributed by atoms with van der Waals surface area (Å²) >= 11 is 0. The van der Waals surface area contributed by atoms with Gasteiger partial charge in [0, 0.05) is 12.8 Å². The second kappa shape index (κ2) is 7.56. The first-order chi connectivity index (χ1) is 9.67. The maximum Gasteiger partial charge on any atom is 0.309 e. The molecule has 0 aromatic heterocycles. The maximum atomic E-state index is 12.4. The molecule has 0 saturated carbocycles. The number of hydrogen-bond acceptors (Lipinski definition) is 5. The average Bonchev–Trinajstić information content (AvgIpc) is 3.05. The Balaban J connectivity index is 2.52. The van der Waals surface area contributed by atoms with E-state index in [1.807, 2.05) is 20.8 Å². The Morgan fingerprint density at radius 1 is 1.33 bits per heavy atom. The van der Waals surface area contributed by atoms with E-state index >= 15 is 0 Å². The van der Waals surface area contributed by atoms with Crippen molar-refractivity contribution in [3.63, 3.8) is 0 Å². The first-order valence-electron chi connectivity index (χ1n) is 7.95. The van der Waals surface area contributed by atoms with Crippen LogP contribution in [0.2, 0.25) is 0 Å². The van der Waals surface area contributed by atoms with Crippen LogP contribution in [0.25, 0.3) is 0 Å². The lowest BCUT2D eigenvalue weighted by atomic mass is 9.94. The summed E-state index contributed by atoms with van der Waals surface area (Å²) in [5, 5.41) is 9.47. The molecular weight excluding hydrogens is 272 g/mol. The van der Waals surface area contributed by atoms with Crippen LogP contribution in [-0.4, -0.2) is 28.6 Å². The highest BCUT2D eigenvalue weighted by molar-refractivity contribution is 5.72. The predicted molar refractivity (Wildman–Crippen MR) is 79.3 cm³/mol. The van der Waals surface area contributed by atoms with Gasteiger partial charge in [-0.3, -0.25) is 4.79 Å². The van der Waals surface area contributed by atoms with Crippen molar-refractivity contribution in [1.82, 2.24) is 0 Å². The molecule has 1 aliphatic rings. The highest BCUT2D eigenvalue weighted by Crippen LogP contribution is 2.36. The van der Waals surface area contributed by atoms with E-state index in [1.54, 1.807) is 6.92 Å². The quantitative estimate of drug-likeness (QED) is 0.381. The number of unbranched alkanes of at least 4 members (excludes halogenated alkanes) is 1. The topological polar surface area (TPSA) is 71.6 Å². The molecule has 124 valence electrons. The zero-order valence-electron chi connectivity index (χ0n) is 14.0. The Labute approximate surface area is 127 Å². The zero-order valence-corrected chi connectivity index (χ0v) is 14.0. The van der Waals surface area contributed by atoms with Gasteiger partial charge in [-0.25, -0.2) is 0 Å². The molecule has 1 aliphatic heterocycles. The third-order valence-corrected chi connectivity index (χ3v) is 3.72. The van der Waals surface area contributed by atoms with Gasteiger partial charge in [-0.1, -0.05) is 19.8 Å². The van der Waals surface area contributed by atoms with Gasteiger partial charge in [0.15, 0.2) is 0 Å². The van der Waals surface area contributed by atoms with Crippen molar-refractivity contribution < 1.29 is 24.4 Å². The normalized spacial score (nSPS) is 19.9. The van der Waals surface area contributed by atoms with Crippen LogP contribution < -0.4 is 0 Å². The van der Waals surface area contributed by atoms with Crippen LogP contribution in [0, 0.1) is 5.92 Å². The molecule has 1 N–H and O–H groups in total. The molecule has 0 bridgehead atoms. The van der Waals surface area contributed by atoms with Crippen LogP contribution in [0.15, 0.2) is 0 Å². The van der Waals surface area contributed by atoms with Gasteiger partial charge in [0.05, 0.1) is 12.0 Å². The summed E-state index contributed by atoms with van der Waals surface area (Å²) in [7, 11) is 0. The van der Waals surface area contributed by atoms with Crippen molar-refractivity contribution in [3.05, 3.63) is 0 Å². The van der Waals surface area contributed by atoms with Gasteiger partial charge in [-0.15, -0.1) is 0 Å². The summed E-state index contributed by atoms with van der Waals surface area (Å²) in [6.45, 7) is 9.35. The van der Waals surface area contributed by atoms with Gasteiger partial charge in [0.2, 0.25) is 5.79 Å². The van der Waals surface area contributed by atoms with Crippen molar-refractivity contribution in [2.45, 2.75) is 90.6 Å². The summed E-state index contributed by atoms with van der Waals surface area (Å²) in [6, 6.07) is 0. The molecule has 1 saturated heterocycles. The minimum atomic E-state index is -0.647. The SMILES string of the molecule is CCCCC(CCC1(C)OO1)C(=O)OC(C)(C)CC(C)O. The number of esters is 1. The molecule has 5 heteroatoms. The molecule has 0 aliphatic carbocycles. The Morgan fingerprint density at radius 3 is 2.43 bits per heavy atom. The van der Waals surface area contributed by atoms with Crippen LogP contribution in [0.1, 0.15) is 73.1 Å². The summed E-state index contributed by atoms with van der Waals surface area (Å²) in [4.78, 5) is 22.2. The largest absolute Gasteiger partial charge is 0.459 e.